The first-order chi connectivity index (χ1) is 9.08. The van der Waals surface area contributed by atoms with Gasteiger partial charge in [-0.2, -0.15) is 0 Å². The van der Waals surface area contributed by atoms with Gasteiger partial charge in [0.25, 0.3) is 5.91 Å². The first-order valence-electron chi connectivity index (χ1n) is 6.29. The minimum absolute atomic E-state index is 0.00875. The van der Waals surface area contributed by atoms with Crippen molar-refractivity contribution in [2.75, 3.05) is 18.5 Å². The summed E-state index contributed by atoms with van der Waals surface area (Å²) in [5.74, 6) is 0.00875. The van der Waals surface area contributed by atoms with Crippen molar-refractivity contribution in [2.45, 2.75) is 25.3 Å². The summed E-state index contributed by atoms with van der Waals surface area (Å²) in [4.78, 5) is 12.5. The van der Waals surface area contributed by atoms with E-state index in [1.807, 2.05) is 25.1 Å². The van der Waals surface area contributed by atoms with Crippen molar-refractivity contribution >= 4 is 44.4 Å². The Hall–Kier alpha value is -0.140. The van der Waals surface area contributed by atoms with Crippen LogP contribution in [0.3, 0.4) is 0 Å². The Bertz CT molecular complexity index is 473. The number of aryl methyl sites for hydroxylation is 1. The van der Waals surface area contributed by atoms with Gasteiger partial charge < -0.3 is 10.1 Å². The molecular formula is C14H17BrINO2. The number of hydrogen-bond acceptors (Lipinski definition) is 2. The van der Waals surface area contributed by atoms with E-state index in [-0.39, 0.29) is 11.4 Å². The highest BCUT2D eigenvalue weighted by atomic mass is 127. The van der Waals surface area contributed by atoms with Crippen LogP contribution >= 0.6 is 38.5 Å². The molecule has 0 aliphatic carbocycles. The molecule has 1 aromatic carbocycles. The summed E-state index contributed by atoms with van der Waals surface area (Å²) in [6.45, 7) is 3.43. The zero-order valence-electron chi connectivity index (χ0n) is 10.8. The Morgan fingerprint density at radius 1 is 1.47 bits per heavy atom. The molecule has 0 bridgehead atoms. The van der Waals surface area contributed by atoms with Gasteiger partial charge in [0.2, 0.25) is 0 Å². The van der Waals surface area contributed by atoms with Gasteiger partial charge in [-0.25, -0.2) is 0 Å². The van der Waals surface area contributed by atoms with Crippen LogP contribution in [0.1, 0.15) is 28.8 Å². The molecule has 0 atom stereocenters. The molecule has 2 rings (SSSR count). The lowest BCUT2D eigenvalue weighted by atomic mass is 9.92. The molecule has 1 aromatic rings. The number of nitrogens with one attached hydrogen (secondary N) is 1. The molecule has 1 saturated heterocycles. The van der Waals surface area contributed by atoms with Crippen molar-refractivity contribution < 1.29 is 9.53 Å². The van der Waals surface area contributed by atoms with E-state index < -0.39 is 0 Å². The highest BCUT2D eigenvalue weighted by Gasteiger charge is 2.33. The van der Waals surface area contributed by atoms with Crippen molar-refractivity contribution in [1.82, 2.24) is 5.32 Å². The zero-order chi connectivity index (χ0) is 13.9. The number of benzene rings is 1. The van der Waals surface area contributed by atoms with E-state index in [0.717, 1.165) is 32.9 Å². The molecule has 3 nitrogen and oxygen atoms in total. The topological polar surface area (TPSA) is 38.3 Å². The van der Waals surface area contributed by atoms with Crippen LogP contribution in [0.4, 0.5) is 0 Å². The number of carbonyl (C=O) groups is 1. The van der Waals surface area contributed by atoms with Gasteiger partial charge in [-0.05, 0) is 54.0 Å². The van der Waals surface area contributed by atoms with Gasteiger partial charge in [-0.3, -0.25) is 4.79 Å². The van der Waals surface area contributed by atoms with E-state index in [4.69, 9.17) is 4.74 Å². The van der Waals surface area contributed by atoms with E-state index in [2.05, 4.69) is 43.8 Å². The van der Waals surface area contributed by atoms with Crippen LogP contribution in [0, 0.1) is 10.5 Å². The summed E-state index contributed by atoms with van der Waals surface area (Å²) >= 11 is 5.76. The second-order valence-corrected chi connectivity index (χ2v) is 6.56. The van der Waals surface area contributed by atoms with E-state index in [9.17, 15) is 4.79 Å². The van der Waals surface area contributed by atoms with E-state index in [1.165, 1.54) is 0 Å². The van der Waals surface area contributed by atoms with Crippen LogP contribution in [0.25, 0.3) is 0 Å². The lowest BCUT2D eigenvalue weighted by Crippen LogP contribution is -2.53. The third-order valence-electron chi connectivity index (χ3n) is 3.52. The first kappa shape index (κ1) is 15.3. The van der Waals surface area contributed by atoms with Crippen LogP contribution < -0.4 is 5.32 Å². The van der Waals surface area contributed by atoms with Crippen molar-refractivity contribution in [3.05, 3.63) is 32.9 Å². The summed E-state index contributed by atoms with van der Waals surface area (Å²) in [7, 11) is 0. The summed E-state index contributed by atoms with van der Waals surface area (Å²) in [6.07, 6.45) is 1.71. The number of amides is 1. The highest BCUT2D eigenvalue weighted by molar-refractivity contribution is 14.1. The summed E-state index contributed by atoms with van der Waals surface area (Å²) < 4.78 is 6.41. The molecule has 0 spiro atoms. The minimum Gasteiger partial charge on any atom is -0.381 e. The molecule has 1 amide bonds. The second kappa shape index (κ2) is 6.54. The van der Waals surface area contributed by atoms with Crippen LogP contribution in [0.2, 0.25) is 0 Å². The smallest absolute Gasteiger partial charge is 0.252 e. The maximum Gasteiger partial charge on any atom is 0.252 e. The largest absolute Gasteiger partial charge is 0.381 e. The fourth-order valence-electron chi connectivity index (χ4n) is 2.19. The number of ether oxygens (including phenoxy) is 1. The lowest BCUT2D eigenvalue weighted by molar-refractivity contribution is 0.0441. The van der Waals surface area contributed by atoms with Crippen molar-refractivity contribution in [3.8, 4) is 0 Å². The number of rotatable bonds is 3. The Morgan fingerprint density at radius 2 is 2.16 bits per heavy atom. The molecule has 1 aliphatic rings. The molecule has 1 N–H and O–H groups in total. The molecule has 1 aliphatic heterocycles. The van der Waals surface area contributed by atoms with E-state index in [0.29, 0.717) is 13.2 Å². The highest BCUT2D eigenvalue weighted by Crippen LogP contribution is 2.24. The standard InChI is InChI=1S/C14H17BrINO2/c1-10-3-2-4-11(12(10)16)13(18)17-14(9-15)5-7-19-8-6-14/h2-4H,5-9H2,1H3,(H,17,18). The molecule has 104 valence electrons. The number of carbonyl (C=O) groups excluding carboxylic acids is 1. The zero-order valence-corrected chi connectivity index (χ0v) is 14.6. The van der Waals surface area contributed by atoms with Gasteiger partial charge in [0.1, 0.15) is 0 Å². The van der Waals surface area contributed by atoms with Gasteiger partial charge >= 0.3 is 0 Å². The van der Waals surface area contributed by atoms with Crippen molar-refractivity contribution in [1.29, 1.82) is 0 Å². The summed E-state index contributed by atoms with van der Waals surface area (Å²) in [5, 5.41) is 3.96. The van der Waals surface area contributed by atoms with E-state index in [1.54, 1.807) is 0 Å². The average molecular weight is 438 g/mol. The van der Waals surface area contributed by atoms with Gasteiger partial charge in [0, 0.05) is 22.1 Å². The normalized spacial score (nSPS) is 18.1. The van der Waals surface area contributed by atoms with E-state index >= 15 is 0 Å². The number of alkyl halides is 1. The van der Waals surface area contributed by atoms with Crippen LogP contribution in [0.15, 0.2) is 18.2 Å². The number of halogens is 2. The number of hydrogen-bond donors (Lipinski definition) is 1. The third kappa shape index (κ3) is 3.49. The molecule has 1 heterocycles. The molecule has 0 saturated carbocycles. The molecule has 1 fully saturated rings. The van der Waals surface area contributed by atoms with Gasteiger partial charge in [0.05, 0.1) is 11.1 Å². The maximum atomic E-state index is 12.5. The van der Waals surface area contributed by atoms with Crippen LogP contribution in [0.5, 0.6) is 0 Å². The molecule has 0 unspecified atom stereocenters. The molecule has 19 heavy (non-hydrogen) atoms. The van der Waals surface area contributed by atoms with Gasteiger partial charge in [-0.1, -0.05) is 28.1 Å². The second-order valence-electron chi connectivity index (χ2n) is 4.92. The van der Waals surface area contributed by atoms with Gasteiger partial charge in [0.15, 0.2) is 0 Å². The molecule has 0 aromatic heterocycles. The fraction of sp³-hybridized carbons (Fsp3) is 0.500. The Morgan fingerprint density at radius 3 is 2.79 bits per heavy atom. The Kier molecular flexibility index (Phi) is 5.25. The van der Waals surface area contributed by atoms with Gasteiger partial charge in [-0.15, -0.1) is 0 Å². The summed E-state index contributed by atoms with van der Waals surface area (Å²) in [5.41, 5.74) is 1.71. The summed E-state index contributed by atoms with van der Waals surface area (Å²) in [6, 6.07) is 5.83. The predicted octanol–water partition coefficient (Wildman–Crippen LogP) is 3.27. The quantitative estimate of drug-likeness (QED) is 0.582. The Balaban J connectivity index is 2.17. The fourth-order valence-corrected chi connectivity index (χ4v) is 3.49. The van der Waals surface area contributed by atoms with Crippen molar-refractivity contribution in [2.24, 2.45) is 0 Å². The van der Waals surface area contributed by atoms with Crippen LogP contribution in [-0.4, -0.2) is 30.0 Å². The Labute approximate surface area is 135 Å². The molecule has 0 radical (unpaired) electrons. The monoisotopic (exact) mass is 437 g/mol. The minimum atomic E-state index is -0.178. The molecular weight excluding hydrogens is 421 g/mol. The maximum absolute atomic E-state index is 12.5. The molecule has 5 heteroatoms. The first-order valence-corrected chi connectivity index (χ1v) is 8.49. The SMILES string of the molecule is Cc1cccc(C(=O)NC2(CBr)CCOCC2)c1I. The van der Waals surface area contributed by atoms with Crippen molar-refractivity contribution in [3.63, 3.8) is 0 Å². The average Bonchev–Trinajstić information content (AvgIpc) is 2.42. The predicted molar refractivity (Wildman–Crippen MR) is 87.9 cm³/mol. The third-order valence-corrected chi connectivity index (χ3v) is 6.03. The van der Waals surface area contributed by atoms with Crippen LogP contribution in [-0.2, 0) is 4.74 Å². The lowest BCUT2D eigenvalue weighted by Gasteiger charge is -2.36.